The molecule has 2 aromatic carbocycles. The maximum atomic E-state index is 5.89. The lowest BCUT2D eigenvalue weighted by Gasteiger charge is -2.23. The maximum Gasteiger partial charge on any atom is 0.186 e. The Labute approximate surface area is 137 Å². The van der Waals surface area contributed by atoms with Gasteiger partial charge >= 0.3 is 0 Å². The van der Waals surface area contributed by atoms with E-state index in [0.29, 0.717) is 23.0 Å². The van der Waals surface area contributed by atoms with Gasteiger partial charge in [0.25, 0.3) is 0 Å². The molecule has 1 aliphatic heterocycles. The van der Waals surface area contributed by atoms with E-state index in [1.54, 1.807) is 0 Å². The fourth-order valence-electron chi connectivity index (χ4n) is 1.61. The van der Waals surface area contributed by atoms with Crippen LogP contribution >= 0.6 is 63.7 Å². The fourth-order valence-corrected chi connectivity index (χ4v) is 3.53. The van der Waals surface area contributed by atoms with Crippen LogP contribution in [-0.2, 0) is 0 Å². The van der Waals surface area contributed by atoms with Crippen molar-refractivity contribution in [3.05, 3.63) is 42.2 Å². The molecule has 0 aliphatic carbocycles. The van der Waals surface area contributed by atoms with E-state index in [1.165, 1.54) is 0 Å². The molecule has 2 aromatic rings. The molecule has 1 heterocycles. The zero-order valence-electron chi connectivity index (χ0n) is 8.64. The van der Waals surface area contributed by atoms with Crippen LogP contribution in [0.4, 0.5) is 0 Å². The molecule has 3 rings (SSSR count). The van der Waals surface area contributed by atoms with E-state index in [0.717, 1.165) is 17.9 Å². The van der Waals surface area contributed by atoms with Crippen molar-refractivity contribution in [1.82, 2.24) is 0 Å². The third kappa shape index (κ3) is 2.13. The first-order valence-corrected chi connectivity index (χ1v) is 8.06. The predicted octanol–water partition coefficient (Wildman–Crippen LogP) is 6.63. The SMILES string of the molecule is Brc1ccc2c(c1)Oc1c(Br)c(Br)cc(Br)c1O2. The summed E-state index contributed by atoms with van der Waals surface area (Å²) in [5.74, 6) is 2.70. The summed E-state index contributed by atoms with van der Waals surface area (Å²) in [6, 6.07) is 7.56. The van der Waals surface area contributed by atoms with E-state index in [4.69, 9.17) is 9.47 Å². The van der Waals surface area contributed by atoms with Crippen molar-refractivity contribution in [1.29, 1.82) is 0 Å². The summed E-state index contributed by atoms with van der Waals surface area (Å²) in [4.78, 5) is 0. The molecule has 0 aromatic heterocycles. The third-order valence-electron chi connectivity index (χ3n) is 2.42. The Morgan fingerprint density at radius 2 is 1.44 bits per heavy atom. The van der Waals surface area contributed by atoms with E-state index >= 15 is 0 Å². The molecule has 2 nitrogen and oxygen atoms in total. The van der Waals surface area contributed by atoms with Crippen molar-refractivity contribution < 1.29 is 9.47 Å². The smallest absolute Gasteiger partial charge is 0.186 e. The van der Waals surface area contributed by atoms with Gasteiger partial charge in [-0.15, -0.1) is 0 Å². The lowest BCUT2D eigenvalue weighted by Crippen LogP contribution is -2.00. The first kappa shape index (κ1) is 13.0. The molecule has 0 fully saturated rings. The largest absolute Gasteiger partial charge is 0.448 e. The second-order valence-electron chi connectivity index (χ2n) is 3.61. The zero-order valence-corrected chi connectivity index (χ0v) is 15.0. The minimum atomic E-state index is 0.654. The van der Waals surface area contributed by atoms with E-state index in [2.05, 4.69) is 63.7 Å². The van der Waals surface area contributed by atoms with Crippen molar-refractivity contribution >= 4 is 63.7 Å². The average molecular weight is 500 g/mol. The van der Waals surface area contributed by atoms with Crippen LogP contribution in [0, 0.1) is 0 Å². The summed E-state index contributed by atoms with van der Waals surface area (Å²) >= 11 is 13.8. The van der Waals surface area contributed by atoms with Crippen molar-refractivity contribution in [2.75, 3.05) is 0 Å². The molecule has 0 saturated carbocycles. The first-order chi connectivity index (χ1) is 8.56. The van der Waals surface area contributed by atoms with E-state index in [9.17, 15) is 0 Å². The number of hydrogen-bond acceptors (Lipinski definition) is 2. The first-order valence-electron chi connectivity index (χ1n) is 4.89. The second-order valence-corrected chi connectivity index (χ2v) is 7.02. The Hall–Kier alpha value is -0.0400. The van der Waals surface area contributed by atoms with Crippen molar-refractivity contribution in [2.24, 2.45) is 0 Å². The molecule has 92 valence electrons. The molecule has 0 atom stereocenters. The van der Waals surface area contributed by atoms with Crippen molar-refractivity contribution in [3.8, 4) is 23.0 Å². The highest BCUT2D eigenvalue weighted by molar-refractivity contribution is 9.13. The zero-order chi connectivity index (χ0) is 12.9. The Kier molecular flexibility index (Phi) is 3.47. The molecule has 0 saturated heterocycles. The van der Waals surface area contributed by atoms with Crippen LogP contribution in [0.2, 0.25) is 0 Å². The highest BCUT2D eigenvalue weighted by Gasteiger charge is 2.25. The monoisotopic (exact) mass is 496 g/mol. The number of fused-ring (bicyclic) bond motifs is 2. The summed E-state index contributed by atoms with van der Waals surface area (Å²) < 4.78 is 15.2. The lowest BCUT2D eigenvalue weighted by molar-refractivity contribution is 0.355. The Balaban J connectivity index is 2.19. The normalized spacial score (nSPS) is 12.2. The van der Waals surface area contributed by atoms with Gasteiger partial charge in [-0.05, 0) is 72.1 Å². The van der Waals surface area contributed by atoms with Gasteiger partial charge in [0, 0.05) is 8.95 Å². The third-order valence-corrected chi connectivity index (χ3v) is 5.44. The van der Waals surface area contributed by atoms with Gasteiger partial charge in [0.2, 0.25) is 0 Å². The van der Waals surface area contributed by atoms with Gasteiger partial charge in [-0.25, -0.2) is 0 Å². The number of benzene rings is 2. The van der Waals surface area contributed by atoms with Crippen LogP contribution in [0.3, 0.4) is 0 Å². The van der Waals surface area contributed by atoms with Gasteiger partial charge < -0.3 is 9.47 Å². The van der Waals surface area contributed by atoms with Crippen LogP contribution in [0.1, 0.15) is 0 Å². The second kappa shape index (κ2) is 4.81. The van der Waals surface area contributed by atoms with Crippen LogP contribution in [0.25, 0.3) is 0 Å². The van der Waals surface area contributed by atoms with Gasteiger partial charge in [-0.1, -0.05) is 15.9 Å². The standard InChI is InChI=1S/C12H4Br4O2/c13-5-1-2-8-9(3-5)18-12-10(16)6(14)4-7(15)11(12)17-8/h1-4H. The summed E-state index contributed by atoms with van der Waals surface area (Å²) in [6.07, 6.45) is 0. The summed E-state index contributed by atoms with van der Waals surface area (Å²) in [5.41, 5.74) is 0. The number of halogens is 4. The highest BCUT2D eigenvalue weighted by Crippen LogP contribution is 2.54. The van der Waals surface area contributed by atoms with Gasteiger partial charge in [0.15, 0.2) is 23.0 Å². The molecule has 0 unspecified atom stereocenters. The van der Waals surface area contributed by atoms with Gasteiger partial charge in [-0.3, -0.25) is 0 Å². The number of ether oxygens (including phenoxy) is 2. The van der Waals surface area contributed by atoms with Gasteiger partial charge in [0.05, 0.1) is 8.95 Å². The number of rotatable bonds is 0. The van der Waals surface area contributed by atoms with Crippen LogP contribution in [-0.4, -0.2) is 0 Å². The molecular weight excluding hydrogens is 496 g/mol. The van der Waals surface area contributed by atoms with Gasteiger partial charge in [0.1, 0.15) is 0 Å². The van der Waals surface area contributed by atoms with Crippen LogP contribution in [0.15, 0.2) is 42.2 Å². The van der Waals surface area contributed by atoms with Gasteiger partial charge in [-0.2, -0.15) is 0 Å². The molecule has 0 bridgehead atoms. The number of hydrogen-bond donors (Lipinski definition) is 0. The fraction of sp³-hybridized carbons (Fsp3) is 0. The highest BCUT2D eigenvalue weighted by atomic mass is 79.9. The van der Waals surface area contributed by atoms with Crippen LogP contribution in [0.5, 0.6) is 23.0 Å². The van der Waals surface area contributed by atoms with E-state index in [1.807, 2.05) is 24.3 Å². The molecule has 0 amide bonds. The summed E-state index contributed by atoms with van der Waals surface area (Å²) in [6.45, 7) is 0. The Morgan fingerprint density at radius 1 is 0.722 bits per heavy atom. The molecule has 0 radical (unpaired) electrons. The maximum absolute atomic E-state index is 5.89. The van der Waals surface area contributed by atoms with E-state index in [-0.39, 0.29) is 0 Å². The molecule has 6 heteroatoms. The van der Waals surface area contributed by atoms with Crippen LogP contribution < -0.4 is 9.47 Å². The van der Waals surface area contributed by atoms with Crippen molar-refractivity contribution in [2.45, 2.75) is 0 Å². The lowest BCUT2D eigenvalue weighted by atomic mass is 10.2. The molecule has 0 spiro atoms. The Morgan fingerprint density at radius 3 is 2.22 bits per heavy atom. The molecule has 0 N–H and O–H groups in total. The minimum Gasteiger partial charge on any atom is -0.448 e. The summed E-state index contributed by atoms with van der Waals surface area (Å²) in [5, 5.41) is 0. The molecule has 18 heavy (non-hydrogen) atoms. The Bertz CT molecular complexity index is 655. The average Bonchev–Trinajstić information content (AvgIpc) is 2.34. The van der Waals surface area contributed by atoms with Crippen molar-refractivity contribution in [3.63, 3.8) is 0 Å². The topological polar surface area (TPSA) is 18.5 Å². The molecular formula is C12H4Br4O2. The predicted molar refractivity (Wildman–Crippen MR) is 83.8 cm³/mol. The molecule has 1 aliphatic rings. The van der Waals surface area contributed by atoms with E-state index < -0.39 is 0 Å². The quantitative estimate of drug-likeness (QED) is 0.323. The summed E-state index contributed by atoms with van der Waals surface area (Å²) in [7, 11) is 0. The minimum absolute atomic E-state index is 0.654.